The molecule has 1 aromatic carbocycles. The lowest BCUT2D eigenvalue weighted by Crippen LogP contribution is -2.59. The van der Waals surface area contributed by atoms with Gasteiger partial charge in [0.15, 0.2) is 5.78 Å². The minimum Gasteiger partial charge on any atom is -0.508 e. The molecule has 1 fully saturated rings. The second-order valence-corrected chi connectivity index (χ2v) is 8.35. The van der Waals surface area contributed by atoms with E-state index in [1.54, 1.807) is 26.0 Å². The van der Waals surface area contributed by atoms with Gasteiger partial charge >= 0.3 is 0 Å². The summed E-state index contributed by atoms with van der Waals surface area (Å²) in [5.41, 5.74) is 0.369. The molecule has 0 aliphatic heterocycles. The van der Waals surface area contributed by atoms with Gasteiger partial charge in [-0.3, -0.25) is 9.59 Å². The van der Waals surface area contributed by atoms with Gasteiger partial charge < -0.3 is 9.90 Å². The highest BCUT2D eigenvalue weighted by Gasteiger charge is 2.60. The number of benzene rings is 1. The largest absolute Gasteiger partial charge is 0.508 e. The van der Waals surface area contributed by atoms with Gasteiger partial charge in [0.05, 0.1) is 5.92 Å². The van der Waals surface area contributed by atoms with E-state index in [2.05, 4.69) is 0 Å². The average molecular weight is 328 g/mol. The second-order valence-electron chi connectivity index (χ2n) is 8.35. The summed E-state index contributed by atoms with van der Waals surface area (Å²) < 4.78 is 0. The Morgan fingerprint density at radius 2 is 1.83 bits per heavy atom. The van der Waals surface area contributed by atoms with Crippen LogP contribution in [0.1, 0.15) is 68.4 Å². The average Bonchev–Trinajstić information content (AvgIpc) is 2.49. The number of hydrogen-bond donors (Lipinski definition) is 1. The number of rotatable bonds is 2. The third kappa shape index (κ3) is 1.95. The first-order valence-corrected chi connectivity index (χ1v) is 8.47. The summed E-state index contributed by atoms with van der Waals surface area (Å²) in [6.07, 6.45) is 1.19. The van der Waals surface area contributed by atoms with Crippen molar-refractivity contribution in [3.63, 3.8) is 0 Å². The molecule has 1 N–H and O–H groups in total. The van der Waals surface area contributed by atoms with E-state index in [-0.39, 0.29) is 23.2 Å². The first-order valence-electron chi connectivity index (χ1n) is 8.47. The summed E-state index contributed by atoms with van der Waals surface area (Å²) in [6, 6.07) is 3.36. The van der Waals surface area contributed by atoms with E-state index in [0.29, 0.717) is 23.1 Å². The summed E-state index contributed by atoms with van der Waals surface area (Å²) in [5, 5.41) is 10.4. The third-order valence-electron chi connectivity index (χ3n) is 6.17. The monoisotopic (exact) mass is 328 g/mol. The molecule has 0 aromatic heterocycles. The van der Waals surface area contributed by atoms with Gasteiger partial charge in [0.1, 0.15) is 17.8 Å². The van der Waals surface area contributed by atoms with Crippen LogP contribution in [0.4, 0.5) is 0 Å². The molecule has 1 aromatic rings. The number of phenolic OH excluding ortho intramolecular Hbond substituents is 1. The Kier molecular flexibility index (Phi) is 3.52. The van der Waals surface area contributed by atoms with Crippen LogP contribution in [-0.4, -0.2) is 23.0 Å². The minimum absolute atomic E-state index is 0.0617. The molecule has 0 heterocycles. The maximum Gasteiger partial charge on any atom is 0.173 e. The predicted molar refractivity (Wildman–Crippen MR) is 90.3 cm³/mol. The van der Waals surface area contributed by atoms with Crippen molar-refractivity contribution in [1.29, 1.82) is 0 Å². The van der Waals surface area contributed by atoms with Crippen molar-refractivity contribution in [2.75, 3.05) is 0 Å². The van der Waals surface area contributed by atoms with E-state index >= 15 is 0 Å². The molecule has 24 heavy (non-hydrogen) atoms. The quantitative estimate of drug-likeness (QED) is 0.667. The maximum absolute atomic E-state index is 13.0. The van der Waals surface area contributed by atoms with E-state index in [1.165, 1.54) is 0 Å². The van der Waals surface area contributed by atoms with Gasteiger partial charge in [-0.2, -0.15) is 0 Å². The van der Waals surface area contributed by atoms with Crippen LogP contribution in [0.25, 0.3) is 0 Å². The number of fused-ring (bicyclic) bond motifs is 4. The Hall–Kier alpha value is -1.97. The van der Waals surface area contributed by atoms with Crippen LogP contribution in [0, 0.1) is 17.3 Å². The zero-order valence-electron chi connectivity index (χ0n) is 14.8. The van der Waals surface area contributed by atoms with Crippen LogP contribution in [0.2, 0.25) is 0 Å². The van der Waals surface area contributed by atoms with Crippen LogP contribution in [0.3, 0.4) is 0 Å². The number of phenols is 1. The number of carbonyl (C=O) groups is 3. The Bertz CT molecular complexity index is 759. The third-order valence-corrected chi connectivity index (χ3v) is 6.17. The fourth-order valence-corrected chi connectivity index (χ4v) is 4.78. The Morgan fingerprint density at radius 3 is 2.38 bits per heavy atom. The first-order chi connectivity index (χ1) is 11.1. The molecule has 4 heteroatoms. The highest BCUT2D eigenvalue weighted by molar-refractivity contribution is 6.15. The van der Waals surface area contributed by atoms with Gasteiger partial charge in [0.2, 0.25) is 0 Å². The number of aldehydes is 1. The smallest absolute Gasteiger partial charge is 0.173 e. The van der Waals surface area contributed by atoms with E-state index in [4.69, 9.17) is 0 Å². The highest BCUT2D eigenvalue weighted by Crippen LogP contribution is 2.56. The lowest BCUT2D eigenvalue weighted by atomic mass is 9.47. The van der Waals surface area contributed by atoms with Crippen molar-refractivity contribution in [3.05, 3.63) is 28.8 Å². The minimum atomic E-state index is -0.890. The Morgan fingerprint density at radius 1 is 1.21 bits per heavy atom. The van der Waals surface area contributed by atoms with Gasteiger partial charge in [-0.15, -0.1) is 0 Å². The molecule has 2 aliphatic carbocycles. The van der Waals surface area contributed by atoms with Gasteiger partial charge in [-0.1, -0.05) is 34.6 Å². The number of ketones is 2. The van der Waals surface area contributed by atoms with Crippen molar-refractivity contribution >= 4 is 17.9 Å². The summed E-state index contributed by atoms with van der Waals surface area (Å²) in [6.45, 7) is 9.32. The molecule has 0 radical (unpaired) electrons. The van der Waals surface area contributed by atoms with E-state index in [1.807, 2.05) is 20.8 Å². The lowest BCUT2D eigenvalue weighted by molar-refractivity contribution is -0.144. The number of aromatic hydroxyl groups is 1. The molecule has 0 unspecified atom stereocenters. The molecule has 128 valence electrons. The number of carbonyl (C=O) groups excluding carboxylic acids is 3. The molecular weight excluding hydrogens is 304 g/mol. The van der Waals surface area contributed by atoms with E-state index in [9.17, 15) is 19.5 Å². The second kappa shape index (κ2) is 5.01. The fraction of sp³-hybridized carbons (Fsp3) is 0.550. The van der Waals surface area contributed by atoms with Gasteiger partial charge in [0, 0.05) is 22.3 Å². The molecule has 3 rings (SSSR count). The SMILES string of the molecule is CC(C)c1cc2c(cc1O)[C@]1(C)C[C@H](C2=O)C(=O)C(C)(C)[C@H]1C=O. The Labute approximate surface area is 142 Å². The van der Waals surface area contributed by atoms with Gasteiger partial charge in [-0.05, 0) is 35.6 Å². The van der Waals surface area contributed by atoms with Gasteiger partial charge in [-0.25, -0.2) is 0 Å². The molecule has 0 spiro atoms. The fourth-order valence-electron chi connectivity index (χ4n) is 4.78. The lowest BCUT2D eigenvalue weighted by Gasteiger charge is -2.53. The summed E-state index contributed by atoms with van der Waals surface area (Å²) in [5.74, 6) is -1.33. The maximum atomic E-state index is 13.0. The van der Waals surface area contributed by atoms with Crippen LogP contribution in [0.15, 0.2) is 12.1 Å². The molecule has 4 nitrogen and oxygen atoms in total. The number of Topliss-reactive ketones (excluding diaryl/α,β-unsaturated/α-hetero) is 2. The zero-order valence-corrected chi connectivity index (χ0v) is 14.8. The first kappa shape index (κ1) is 16.9. The van der Waals surface area contributed by atoms with Crippen LogP contribution in [0.5, 0.6) is 5.75 Å². The van der Waals surface area contributed by atoms with Crippen LogP contribution < -0.4 is 0 Å². The molecule has 0 amide bonds. The molecule has 1 saturated carbocycles. The normalized spacial score (nSPS) is 31.1. The number of hydrogen-bond acceptors (Lipinski definition) is 4. The van der Waals surface area contributed by atoms with Crippen molar-refractivity contribution in [2.24, 2.45) is 17.3 Å². The Balaban J connectivity index is 2.33. The highest BCUT2D eigenvalue weighted by atomic mass is 16.3. The molecule has 2 aliphatic rings. The van der Waals surface area contributed by atoms with Crippen LogP contribution in [-0.2, 0) is 15.0 Å². The van der Waals surface area contributed by atoms with Gasteiger partial charge in [0.25, 0.3) is 0 Å². The summed E-state index contributed by atoms with van der Waals surface area (Å²) >= 11 is 0. The van der Waals surface area contributed by atoms with Crippen molar-refractivity contribution in [3.8, 4) is 5.75 Å². The standard InChI is InChI=1S/C20H24O4/c1-10(2)11-6-12-14(7-15(11)22)20(5)8-13(17(12)23)18(24)19(3,4)16(20)9-21/h6-7,9-10,13,16,22H,8H2,1-5H3/t13-,16-,20+/m1/s1. The van der Waals surface area contributed by atoms with Crippen LogP contribution >= 0.6 is 0 Å². The van der Waals surface area contributed by atoms with E-state index < -0.39 is 22.7 Å². The molecule has 2 bridgehead atoms. The topological polar surface area (TPSA) is 71.4 Å². The predicted octanol–water partition coefficient (Wildman–Crippen LogP) is 3.40. The summed E-state index contributed by atoms with van der Waals surface area (Å²) in [4.78, 5) is 37.7. The van der Waals surface area contributed by atoms with Crippen molar-refractivity contribution in [2.45, 2.75) is 52.4 Å². The summed E-state index contributed by atoms with van der Waals surface area (Å²) in [7, 11) is 0. The van der Waals surface area contributed by atoms with Crippen molar-refractivity contribution < 1.29 is 19.5 Å². The van der Waals surface area contributed by atoms with Crippen molar-refractivity contribution in [1.82, 2.24) is 0 Å². The van der Waals surface area contributed by atoms with E-state index in [0.717, 1.165) is 6.29 Å². The molecule has 3 atom stereocenters. The molecular formula is C20H24O4. The zero-order chi connectivity index (χ0) is 18.0. The molecule has 0 saturated heterocycles.